The lowest BCUT2D eigenvalue weighted by molar-refractivity contribution is -0.133. The van der Waals surface area contributed by atoms with E-state index in [1.807, 2.05) is 18.2 Å². The van der Waals surface area contributed by atoms with Crippen molar-refractivity contribution in [3.63, 3.8) is 0 Å². The minimum Gasteiger partial charge on any atom is -0.438 e. The van der Waals surface area contributed by atoms with Crippen LogP contribution in [0.3, 0.4) is 0 Å². The number of cyclic esters (lactones) is 1. The number of carbonyl (C=O) groups excluding carboxylic acids is 1. The number of hydrogen-bond acceptors (Lipinski definition) is 4. The van der Waals surface area contributed by atoms with Crippen molar-refractivity contribution in [1.29, 1.82) is 0 Å². The molecule has 1 aromatic rings. The maximum absolute atomic E-state index is 11.8. The molecule has 1 amide bonds. The lowest BCUT2D eigenvalue weighted by atomic mass is 9.95. The fraction of sp³-hybridized carbons (Fsp3) is 0.500. The third-order valence-corrected chi connectivity index (χ3v) is 3.77. The first kappa shape index (κ1) is 13.8. The molecule has 5 nitrogen and oxygen atoms in total. The molecule has 2 N–H and O–H groups in total. The van der Waals surface area contributed by atoms with Crippen molar-refractivity contribution >= 4 is 6.09 Å². The number of β-amino-alcohol motifs (C(OH)–C–C–N with tert-alkyl or cyclic N) is 1. The van der Waals surface area contributed by atoms with Crippen LogP contribution in [0.15, 0.2) is 30.3 Å². The summed E-state index contributed by atoms with van der Waals surface area (Å²) in [6, 6.07) is 9.00. The summed E-state index contributed by atoms with van der Waals surface area (Å²) in [7, 11) is 0. The van der Waals surface area contributed by atoms with Crippen molar-refractivity contribution in [2.75, 3.05) is 6.54 Å². The lowest BCUT2D eigenvalue weighted by Crippen LogP contribution is -2.54. The number of amides is 1. The van der Waals surface area contributed by atoms with E-state index in [9.17, 15) is 15.0 Å². The molecule has 19 heavy (non-hydrogen) atoms. The normalized spacial score (nSPS) is 27.2. The van der Waals surface area contributed by atoms with Crippen LogP contribution in [0.1, 0.15) is 32.4 Å². The predicted molar refractivity (Wildman–Crippen MR) is 69.3 cm³/mol. The Kier molecular flexibility index (Phi) is 3.28. The summed E-state index contributed by atoms with van der Waals surface area (Å²) >= 11 is 0. The van der Waals surface area contributed by atoms with Gasteiger partial charge >= 0.3 is 6.09 Å². The summed E-state index contributed by atoms with van der Waals surface area (Å²) in [5, 5.41) is 20.6. The second-order valence-corrected chi connectivity index (χ2v) is 5.44. The molecule has 5 heteroatoms. The van der Waals surface area contributed by atoms with Gasteiger partial charge < -0.3 is 14.9 Å². The first-order valence-electron chi connectivity index (χ1n) is 6.22. The molecule has 0 saturated carbocycles. The highest BCUT2D eigenvalue weighted by atomic mass is 16.6. The number of hydrogen-bond donors (Lipinski definition) is 2. The molecular weight excluding hydrogens is 246 g/mol. The highest BCUT2D eigenvalue weighted by molar-refractivity contribution is 5.72. The molecule has 0 aliphatic carbocycles. The van der Waals surface area contributed by atoms with Crippen LogP contribution in [0.5, 0.6) is 0 Å². The Labute approximate surface area is 112 Å². The molecular formula is C14H19NO4. The number of aliphatic hydroxyl groups excluding tert-OH is 1. The van der Waals surface area contributed by atoms with Crippen LogP contribution >= 0.6 is 0 Å². The van der Waals surface area contributed by atoms with Crippen molar-refractivity contribution in [2.24, 2.45) is 0 Å². The average molecular weight is 265 g/mol. The van der Waals surface area contributed by atoms with E-state index in [0.29, 0.717) is 5.56 Å². The smallest absolute Gasteiger partial charge is 0.412 e. The summed E-state index contributed by atoms with van der Waals surface area (Å²) in [5.41, 5.74) is -1.78. The van der Waals surface area contributed by atoms with E-state index in [4.69, 9.17) is 4.74 Å². The second kappa shape index (κ2) is 4.51. The van der Waals surface area contributed by atoms with Crippen LogP contribution in [0.25, 0.3) is 0 Å². The SMILES string of the molecule is CC1(C)OC(=O)N(C[C@@H](O)c2ccccc2)[C@@]1(C)O. The molecule has 0 unspecified atom stereocenters. The van der Waals surface area contributed by atoms with Gasteiger partial charge in [-0.25, -0.2) is 4.79 Å². The fourth-order valence-electron chi connectivity index (χ4n) is 2.08. The van der Waals surface area contributed by atoms with E-state index in [-0.39, 0.29) is 6.54 Å². The van der Waals surface area contributed by atoms with Gasteiger partial charge in [0.05, 0.1) is 12.6 Å². The molecule has 1 fully saturated rings. The zero-order valence-electron chi connectivity index (χ0n) is 11.3. The summed E-state index contributed by atoms with van der Waals surface area (Å²) in [4.78, 5) is 13.0. The monoisotopic (exact) mass is 265 g/mol. The Morgan fingerprint density at radius 2 is 1.84 bits per heavy atom. The quantitative estimate of drug-likeness (QED) is 0.872. The highest BCUT2D eigenvalue weighted by Gasteiger charge is 2.56. The fourth-order valence-corrected chi connectivity index (χ4v) is 2.08. The van der Waals surface area contributed by atoms with Crippen LogP contribution in [0.4, 0.5) is 4.79 Å². The molecule has 0 bridgehead atoms. The Bertz CT molecular complexity index is 470. The number of carbonyl (C=O) groups is 1. The second-order valence-electron chi connectivity index (χ2n) is 5.44. The molecule has 2 atom stereocenters. The molecule has 104 valence electrons. The third kappa shape index (κ3) is 2.31. The first-order chi connectivity index (χ1) is 8.75. The summed E-state index contributed by atoms with van der Waals surface area (Å²) in [5.74, 6) is 0. The molecule has 0 radical (unpaired) electrons. The zero-order valence-corrected chi connectivity index (χ0v) is 11.3. The minimum absolute atomic E-state index is 0.0146. The maximum Gasteiger partial charge on any atom is 0.412 e. The van der Waals surface area contributed by atoms with Gasteiger partial charge in [0.25, 0.3) is 0 Å². The average Bonchev–Trinajstić information content (AvgIpc) is 2.49. The van der Waals surface area contributed by atoms with Gasteiger partial charge in [-0.15, -0.1) is 0 Å². The van der Waals surface area contributed by atoms with E-state index in [0.717, 1.165) is 4.90 Å². The Morgan fingerprint density at radius 1 is 1.26 bits per heavy atom. The minimum atomic E-state index is -1.46. The molecule has 1 heterocycles. The largest absolute Gasteiger partial charge is 0.438 e. The molecule has 1 aliphatic rings. The van der Waals surface area contributed by atoms with Crippen molar-refractivity contribution in [2.45, 2.75) is 38.2 Å². The van der Waals surface area contributed by atoms with E-state index in [2.05, 4.69) is 0 Å². The number of benzene rings is 1. The van der Waals surface area contributed by atoms with E-state index < -0.39 is 23.5 Å². The molecule has 2 rings (SSSR count). The van der Waals surface area contributed by atoms with Crippen molar-refractivity contribution in [3.8, 4) is 0 Å². The van der Waals surface area contributed by atoms with Gasteiger partial charge in [0.1, 0.15) is 0 Å². The van der Waals surface area contributed by atoms with Gasteiger partial charge in [0.15, 0.2) is 11.3 Å². The first-order valence-corrected chi connectivity index (χ1v) is 6.22. The van der Waals surface area contributed by atoms with E-state index >= 15 is 0 Å². The number of rotatable bonds is 3. The van der Waals surface area contributed by atoms with Crippen LogP contribution in [-0.2, 0) is 4.74 Å². The van der Waals surface area contributed by atoms with Crippen LogP contribution in [-0.4, -0.2) is 39.1 Å². The van der Waals surface area contributed by atoms with Crippen LogP contribution in [0.2, 0.25) is 0 Å². The van der Waals surface area contributed by atoms with Gasteiger partial charge in [-0.3, -0.25) is 4.90 Å². The molecule has 1 aromatic carbocycles. The summed E-state index contributed by atoms with van der Waals surface area (Å²) in [6.45, 7) is 4.77. The van der Waals surface area contributed by atoms with Crippen LogP contribution in [0, 0.1) is 0 Å². The van der Waals surface area contributed by atoms with E-state index in [1.54, 1.807) is 26.0 Å². The number of nitrogens with zero attached hydrogens (tertiary/aromatic N) is 1. The highest BCUT2D eigenvalue weighted by Crippen LogP contribution is 2.37. The lowest BCUT2D eigenvalue weighted by Gasteiger charge is -2.35. The Balaban J connectivity index is 2.17. The number of aliphatic hydroxyl groups is 2. The summed E-state index contributed by atoms with van der Waals surface area (Å²) < 4.78 is 5.14. The van der Waals surface area contributed by atoms with Gasteiger partial charge in [-0.05, 0) is 26.3 Å². The van der Waals surface area contributed by atoms with Crippen molar-refractivity contribution in [3.05, 3.63) is 35.9 Å². The standard InChI is InChI=1S/C14H19NO4/c1-13(2)14(3,18)15(12(17)19-13)9-11(16)10-7-5-4-6-8-10/h4-8,11,16,18H,9H2,1-3H3/t11-,14+/m1/s1. The van der Waals surface area contributed by atoms with Gasteiger partial charge in [-0.1, -0.05) is 30.3 Å². The number of ether oxygens (including phenoxy) is 1. The topological polar surface area (TPSA) is 70.0 Å². The Hall–Kier alpha value is -1.59. The van der Waals surface area contributed by atoms with Crippen molar-refractivity contribution < 1.29 is 19.7 Å². The predicted octanol–water partition coefficient (Wildman–Crippen LogP) is 1.66. The third-order valence-electron chi connectivity index (χ3n) is 3.77. The summed E-state index contributed by atoms with van der Waals surface area (Å²) in [6.07, 6.45) is -1.49. The van der Waals surface area contributed by atoms with Gasteiger partial charge in [0.2, 0.25) is 0 Å². The van der Waals surface area contributed by atoms with Crippen LogP contribution < -0.4 is 0 Å². The molecule has 0 aromatic heterocycles. The van der Waals surface area contributed by atoms with Gasteiger partial charge in [-0.2, -0.15) is 0 Å². The molecule has 0 spiro atoms. The maximum atomic E-state index is 11.8. The van der Waals surface area contributed by atoms with Crippen molar-refractivity contribution in [1.82, 2.24) is 4.90 Å². The molecule has 1 aliphatic heterocycles. The van der Waals surface area contributed by atoms with Gasteiger partial charge in [0, 0.05) is 0 Å². The van der Waals surface area contributed by atoms with E-state index in [1.165, 1.54) is 6.92 Å². The zero-order chi connectivity index (χ0) is 14.3. The Morgan fingerprint density at radius 3 is 2.32 bits per heavy atom. The molecule has 1 saturated heterocycles.